The maximum atomic E-state index is 12.7. The van der Waals surface area contributed by atoms with Gasteiger partial charge in [-0.05, 0) is 35.7 Å². The van der Waals surface area contributed by atoms with Gasteiger partial charge >= 0.3 is 0 Å². The molecule has 0 saturated carbocycles. The van der Waals surface area contributed by atoms with Crippen molar-refractivity contribution in [2.24, 2.45) is 7.05 Å². The van der Waals surface area contributed by atoms with Crippen LogP contribution < -0.4 is 16.6 Å². The Kier molecular flexibility index (Phi) is 5.84. The number of fused-ring (bicyclic) bond motifs is 1. The quantitative estimate of drug-likeness (QED) is 0.429. The molecule has 29 heavy (non-hydrogen) atoms. The van der Waals surface area contributed by atoms with Gasteiger partial charge in [-0.1, -0.05) is 12.1 Å². The average Bonchev–Trinajstić information content (AvgIpc) is 2.69. The fourth-order valence-electron chi connectivity index (χ4n) is 3.18. The van der Waals surface area contributed by atoms with Crippen LogP contribution in [-0.2, 0) is 18.2 Å². The van der Waals surface area contributed by atoms with Gasteiger partial charge in [-0.3, -0.25) is 14.6 Å². The van der Waals surface area contributed by atoms with Crippen molar-refractivity contribution in [3.63, 3.8) is 0 Å². The predicted molar refractivity (Wildman–Crippen MR) is 111 cm³/mol. The number of aryl methyl sites for hydroxylation is 2. The van der Waals surface area contributed by atoms with Gasteiger partial charge in [0.1, 0.15) is 11.1 Å². The largest absolute Gasteiger partial charge is 0.505 e. The number of ether oxygens (including phenoxy) is 1. The van der Waals surface area contributed by atoms with Gasteiger partial charge in [-0.2, -0.15) is 0 Å². The van der Waals surface area contributed by atoms with Crippen molar-refractivity contribution in [2.75, 3.05) is 26.0 Å². The van der Waals surface area contributed by atoms with E-state index in [1.54, 1.807) is 19.3 Å². The zero-order valence-electron chi connectivity index (χ0n) is 16.7. The minimum atomic E-state index is -0.666. The number of methoxy groups -OCH3 is 1. The summed E-state index contributed by atoms with van der Waals surface area (Å²) in [6.45, 7) is 2.49. The summed E-state index contributed by atoms with van der Waals surface area (Å²) in [7, 11) is 3.05. The molecule has 3 aromatic rings. The number of hydrogen-bond acceptors (Lipinski definition) is 6. The molecule has 1 aromatic carbocycles. The molecule has 0 aliphatic rings. The van der Waals surface area contributed by atoms with Crippen LogP contribution in [-0.4, -0.2) is 40.8 Å². The van der Waals surface area contributed by atoms with Crippen molar-refractivity contribution < 1.29 is 14.6 Å². The second-order valence-corrected chi connectivity index (χ2v) is 6.93. The van der Waals surface area contributed by atoms with E-state index in [9.17, 15) is 14.7 Å². The van der Waals surface area contributed by atoms with Gasteiger partial charge in [0, 0.05) is 39.0 Å². The second-order valence-electron chi connectivity index (χ2n) is 6.93. The molecule has 1 amide bonds. The summed E-state index contributed by atoms with van der Waals surface area (Å²) in [4.78, 5) is 29.4. The molecule has 8 heteroatoms. The standard InChI is InChI=1S/C21H24N4O4/c1-12-4-5-14(15(22)8-12)9-13-10-16-18(24-11-13)19(26)17(21(28)25(16)2)20(27)23-6-7-29-3/h4-5,8,10-11,26H,6-7,9,22H2,1-3H3,(H,23,27). The SMILES string of the molecule is COCCNC(=O)c1c(O)c2ncc(Cc3ccc(C)cc3N)cc2n(C)c1=O. The Hall–Kier alpha value is -3.39. The number of nitrogens with zero attached hydrogens (tertiary/aromatic N) is 2. The molecule has 0 fully saturated rings. The van der Waals surface area contributed by atoms with E-state index in [4.69, 9.17) is 10.5 Å². The van der Waals surface area contributed by atoms with E-state index in [1.165, 1.54) is 11.7 Å². The van der Waals surface area contributed by atoms with Crippen LogP contribution in [0.4, 0.5) is 5.69 Å². The molecule has 0 bridgehead atoms. The first-order valence-electron chi connectivity index (χ1n) is 9.16. The second kappa shape index (κ2) is 8.32. The Balaban J connectivity index is 2.01. The fourth-order valence-corrected chi connectivity index (χ4v) is 3.18. The van der Waals surface area contributed by atoms with Gasteiger partial charge in [0.05, 0.1) is 12.1 Å². The fraction of sp³-hybridized carbons (Fsp3) is 0.286. The van der Waals surface area contributed by atoms with Crippen molar-refractivity contribution in [3.8, 4) is 5.75 Å². The molecule has 2 heterocycles. The molecule has 4 N–H and O–H groups in total. The van der Waals surface area contributed by atoms with E-state index >= 15 is 0 Å². The number of aromatic hydroxyl groups is 1. The third-order valence-electron chi connectivity index (χ3n) is 4.78. The number of aromatic nitrogens is 2. The molecule has 0 unspecified atom stereocenters. The van der Waals surface area contributed by atoms with Gasteiger partial charge < -0.3 is 25.5 Å². The summed E-state index contributed by atoms with van der Waals surface area (Å²) < 4.78 is 6.19. The highest BCUT2D eigenvalue weighted by atomic mass is 16.5. The van der Waals surface area contributed by atoms with Crippen LogP contribution in [0.1, 0.15) is 27.0 Å². The molecule has 0 aliphatic carbocycles. The highest BCUT2D eigenvalue weighted by molar-refractivity contribution is 6.01. The summed E-state index contributed by atoms with van der Waals surface area (Å²) in [5.74, 6) is -1.10. The van der Waals surface area contributed by atoms with Crippen LogP contribution in [0.5, 0.6) is 5.75 Å². The van der Waals surface area contributed by atoms with Crippen molar-refractivity contribution in [2.45, 2.75) is 13.3 Å². The van der Waals surface area contributed by atoms with Gasteiger partial charge in [-0.25, -0.2) is 0 Å². The van der Waals surface area contributed by atoms with Gasteiger partial charge in [0.15, 0.2) is 5.75 Å². The van der Waals surface area contributed by atoms with Gasteiger partial charge in [0.25, 0.3) is 11.5 Å². The van der Waals surface area contributed by atoms with Crippen LogP contribution in [0.15, 0.2) is 35.3 Å². The molecule has 152 valence electrons. The van der Waals surface area contributed by atoms with Crippen LogP contribution in [0.25, 0.3) is 11.0 Å². The molecular formula is C21H24N4O4. The number of hydrogen-bond donors (Lipinski definition) is 3. The van der Waals surface area contributed by atoms with Crippen LogP contribution >= 0.6 is 0 Å². The lowest BCUT2D eigenvalue weighted by atomic mass is 10.0. The first kappa shape index (κ1) is 20.3. The molecule has 2 aromatic heterocycles. The first-order chi connectivity index (χ1) is 13.8. The lowest BCUT2D eigenvalue weighted by Gasteiger charge is -2.13. The summed E-state index contributed by atoms with van der Waals surface area (Å²) >= 11 is 0. The highest BCUT2D eigenvalue weighted by Crippen LogP contribution is 2.26. The Labute approximate surface area is 167 Å². The summed E-state index contributed by atoms with van der Waals surface area (Å²) in [6.07, 6.45) is 2.14. The maximum Gasteiger partial charge on any atom is 0.267 e. The Morgan fingerprint density at radius 3 is 2.79 bits per heavy atom. The third-order valence-corrected chi connectivity index (χ3v) is 4.78. The highest BCUT2D eigenvalue weighted by Gasteiger charge is 2.22. The number of pyridine rings is 2. The lowest BCUT2D eigenvalue weighted by Crippen LogP contribution is -2.34. The smallest absolute Gasteiger partial charge is 0.267 e. The number of carbonyl (C=O) groups is 1. The van der Waals surface area contributed by atoms with Crippen LogP contribution in [0.2, 0.25) is 0 Å². The third kappa shape index (κ3) is 4.07. The molecule has 0 aliphatic heterocycles. The Morgan fingerprint density at radius 2 is 2.10 bits per heavy atom. The van der Waals surface area contributed by atoms with E-state index in [1.807, 2.05) is 25.1 Å². The molecule has 0 saturated heterocycles. The minimum absolute atomic E-state index is 0.185. The van der Waals surface area contributed by atoms with Crippen molar-refractivity contribution in [3.05, 3.63) is 63.1 Å². The van der Waals surface area contributed by atoms with Crippen molar-refractivity contribution >= 4 is 22.6 Å². The Bertz CT molecular complexity index is 1140. The van der Waals surface area contributed by atoms with Gasteiger partial charge in [-0.15, -0.1) is 0 Å². The van der Waals surface area contributed by atoms with E-state index < -0.39 is 17.2 Å². The van der Waals surface area contributed by atoms with Crippen molar-refractivity contribution in [1.82, 2.24) is 14.9 Å². The zero-order valence-corrected chi connectivity index (χ0v) is 16.7. The predicted octanol–water partition coefficient (Wildman–Crippen LogP) is 1.50. The van der Waals surface area contributed by atoms with E-state index in [0.717, 1.165) is 16.7 Å². The maximum absolute atomic E-state index is 12.7. The molecule has 3 rings (SSSR count). The number of carbonyl (C=O) groups excluding carboxylic acids is 1. The van der Waals surface area contributed by atoms with Crippen molar-refractivity contribution in [1.29, 1.82) is 0 Å². The number of nitrogens with two attached hydrogens (primary N) is 1. The van der Waals surface area contributed by atoms with Crippen LogP contribution in [0, 0.1) is 6.92 Å². The van der Waals surface area contributed by atoms with E-state index in [-0.39, 0.29) is 17.6 Å². The molecule has 0 radical (unpaired) electrons. The molecule has 0 spiro atoms. The normalized spacial score (nSPS) is 11.0. The zero-order chi connectivity index (χ0) is 21.1. The number of amides is 1. The summed E-state index contributed by atoms with van der Waals surface area (Å²) in [6, 6.07) is 7.62. The monoisotopic (exact) mass is 396 g/mol. The number of nitrogen functional groups attached to an aromatic ring is 1. The first-order valence-corrected chi connectivity index (χ1v) is 9.16. The minimum Gasteiger partial charge on any atom is -0.505 e. The Morgan fingerprint density at radius 1 is 1.34 bits per heavy atom. The number of anilines is 1. The van der Waals surface area contributed by atoms with Gasteiger partial charge in [0.2, 0.25) is 0 Å². The number of nitrogens with one attached hydrogen (secondary N) is 1. The lowest BCUT2D eigenvalue weighted by molar-refractivity contribution is 0.0932. The summed E-state index contributed by atoms with van der Waals surface area (Å²) in [5, 5.41) is 13.1. The van der Waals surface area contributed by atoms with E-state index in [2.05, 4.69) is 10.3 Å². The summed E-state index contributed by atoms with van der Waals surface area (Å²) in [5.41, 5.74) is 9.32. The molecular weight excluding hydrogens is 372 g/mol. The number of rotatable bonds is 6. The topological polar surface area (TPSA) is 119 Å². The van der Waals surface area contributed by atoms with Crippen LogP contribution in [0.3, 0.4) is 0 Å². The molecule has 0 atom stereocenters. The number of benzene rings is 1. The van der Waals surface area contributed by atoms with E-state index in [0.29, 0.717) is 24.2 Å². The average molecular weight is 396 g/mol. The molecule has 8 nitrogen and oxygen atoms in total.